The van der Waals surface area contributed by atoms with Gasteiger partial charge in [0.05, 0.1) is 11.9 Å². The zero-order valence-electron chi connectivity index (χ0n) is 11.4. The molecule has 0 aliphatic heterocycles. The van der Waals surface area contributed by atoms with Crippen molar-refractivity contribution in [1.82, 2.24) is 4.98 Å². The lowest BCUT2D eigenvalue weighted by Gasteiger charge is -2.20. The van der Waals surface area contributed by atoms with Gasteiger partial charge in [0.25, 0.3) is 10.0 Å². The Hall–Kier alpha value is -1.60. The monoisotopic (exact) mass is 311 g/mol. The average molecular weight is 311 g/mol. The van der Waals surface area contributed by atoms with Gasteiger partial charge in [0, 0.05) is 13.1 Å². The normalized spacial score (nSPS) is 11.3. The third-order valence-electron chi connectivity index (χ3n) is 2.88. The van der Waals surface area contributed by atoms with Crippen LogP contribution in [0.2, 0.25) is 0 Å². The molecule has 0 aromatic carbocycles. The van der Waals surface area contributed by atoms with Crippen molar-refractivity contribution in [1.29, 1.82) is 0 Å². The zero-order valence-corrected chi connectivity index (χ0v) is 13.0. The van der Waals surface area contributed by atoms with E-state index in [-0.39, 0.29) is 4.21 Å². The van der Waals surface area contributed by atoms with E-state index in [2.05, 4.69) is 28.5 Å². The van der Waals surface area contributed by atoms with Gasteiger partial charge in [-0.05, 0) is 37.4 Å². The molecule has 2 aromatic heterocycles. The molecule has 0 spiro atoms. The van der Waals surface area contributed by atoms with Crippen LogP contribution >= 0.6 is 11.3 Å². The van der Waals surface area contributed by atoms with Gasteiger partial charge in [0.15, 0.2) is 0 Å². The summed E-state index contributed by atoms with van der Waals surface area (Å²) in [4.78, 5) is 6.31. The summed E-state index contributed by atoms with van der Waals surface area (Å²) in [5.41, 5.74) is 0.981. The molecule has 20 heavy (non-hydrogen) atoms. The average Bonchev–Trinajstić information content (AvgIpc) is 2.96. The zero-order chi connectivity index (χ0) is 14.6. The SMILES string of the molecule is CCN(CC)c1ccc(NS(=O)(=O)c2cccs2)nc1. The molecule has 0 saturated carbocycles. The lowest BCUT2D eigenvalue weighted by atomic mass is 10.3. The minimum atomic E-state index is -3.52. The number of anilines is 2. The van der Waals surface area contributed by atoms with Crippen LogP contribution in [-0.4, -0.2) is 26.5 Å². The number of hydrogen-bond acceptors (Lipinski definition) is 5. The van der Waals surface area contributed by atoms with Gasteiger partial charge in [-0.1, -0.05) is 6.07 Å². The molecule has 2 heterocycles. The number of pyridine rings is 1. The van der Waals surface area contributed by atoms with Crippen molar-refractivity contribution in [3.05, 3.63) is 35.8 Å². The number of nitrogens with one attached hydrogen (secondary N) is 1. The Balaban J connectivity index is 2.15. The second-order valence-corrected chi connectivity index (χ2v) is 6.97. The molecule has 2 aromatic rings. The maximum absolute atomic E-state index is 12.0. The highest BCUT2D eigenvalue weighted by Gasteiger charge is 2.15. The lowest BCUT2D eigenvalue weighted by molar-refractivity contribution is 0.603. The molecule has 0 aliphatic rings. The first-order valence-electron chi connectivity index (χ1n) is 6.34. The number of rotatable bonds is 6. The first kappa shape index (κ1) is 14.8. The quantitative estimate of drug-likeness (QED) is 0.891. The number of hydrogen-bond donors (Lipinski definition) is 1. The van der Waals surface area contributed by atoms with Gasteiger partial charge < -0.3 is 4.90 Å². The van der Waals surface area contributed by atoms with Crippen LogP contribution in [0.15, 0.2) is 40.1 Å². The number of aromatic nitrogens is 1. The molecule has 1 N–H and O–H groups in total. The predicted molar refractivity (Wildman–Crippen MR) is 82.9 cm³/mol. The van der Waals surface area contributed by atoms with E-state index in [4.69, 9.17) is 0 Å². The summed E-state index contributed by atoms with van der Waals surface area (Å²) in [7, 11) is -3.52. The van der Waals surface area contributed by atoms with Crippen LogP contribution in [-0.2, 0) is 10.0 Å². The van der Waals surface area contributed by atoms with Gasteiger partial charge in [-0.15, -0.1) is 11.3 Å². The van der Waals surface area contributed by atoms with Gasteiger partial charge in [0.2, 0.25) is 0 Å². The third kappa shape index (κ3) is 3.29. The fourth-order valence-corrected chi connectivity index (χ4v) is 3.83. The van der Waals surface area contributed by atoms with E-state index in [1.165, 1.54) is 11.3 Å². The predicted octanol–water partition coefficient (Wildman–Crippen LogP) is 2.79. The fraction of sp³-hybridized carbons (Fsp3) is 0.308. The first-order chi connectivity index (χ1) is 9.56. The molecule has 0 amide bonds. The fourth-order valence-electron chi connectivity index (χ4n) is 1.83. The van der Waals surface area contributed by atoms with Crippen LogP contribution in [0.5, 0.6) is 0 Å². The highest BCUT2D eigenvalue weighted by molar-refractivity contribution is 7.94. The van der Waals surface area contributed by atoms with E-state index in [1.807, 2.05) is 6.07 Å². The Bertz CT molecular complexity index is 633. The summed E-state index contributed by atoms with van der Waals surface area (Å²) in [5, 5.41) is 1.73. The smallest absolute Gasteiger partial charge is 0.272 e. The summed E-state index contributed by atoms with van der Waals surface area (Å²) in [6, 6.07) is 6.82. The topological polar surface area (TPSA) is 62.3 Å². The van der Waals surface area contributed by atoms with Crippen molar-refractivity contribution < 1.29 is 8.42 Å². The van der Waals surface area contributed by atoms with Gasteiger partial charge in [0.1, 0.15) is 10.0 Å². The van der Waals surface area contributed by atoms with Crippen LogP contribution in [0.4, 0.5) is 11.5 Å². The summed E-state index contributed by atoms with van der Waals surface area (Å²) < 4.78 is 26.8. The molecule has 5 nitrogen and oxygen atoms in total. The summed E-state index contributed by atoms with van der Waals surface area (Å²) >= 11 is 1.18. The van der Waals surface area contributed by atoms with Gasteiger partial charge in [-0.2, -0.15) is 0 Å². The Morgan fingerprint density at radius 3 is 2.50 bits per heavy atom. The molecule has 0 radical (unpaired) electrons. The molecule has 0 unspecified atom stereocenters. The van der Waals surface area contributed by atoms with Crippen molar-refractivity contribution in [3.63, 3.8) is 0 Å². The molecule has 108 valence electrons. The highest BCUT2D eigenvalue weighted by atomic mass is 32.2. The van der Waals surface area contributed by atoms with E-state index in [1.54, 1.807) is 29.8 Å². The van der Waals surface area contributed by atoms with Crippen LogP contribution in [0.1, 0.15) is 13.8 Å². The van der Waals surface area contributed by atoms with Gasteiger partial charge in [-0.25, -0.2) is 13.4 Å². The second-order valence-electron chi connectivity index (χ2n) is 4.11. The van der Waals surface area contributed by atoms with E-state index in [0.29, 0.717) is 5.82 Å². The molecular weight excluding hydrogens is 294 g/mol. The Morgan fingerprint density at radius 2 is 2.00 bits per heavy atom. The molecule has 0 fully saturated rings. The van der Waals surface area contributed by atoms with Gasteiger partial charge >= 0.3 is 0 Å². The Morgan fingerprint density at radius 1 is 1.25 bits per heavy atom. The second kappa shape index (κ2) is 6.23. The van der Waals surface area contributed by atoms with Crippen molar-refractivity contribution >= 4 is 32.9 Å². The molecule has 0 saturated heterocycles. The van der Waals surface area contributed by atoms with Crippen molar-refractivity contribution in [3.8, 4) is 0 Å². The Labute approximate surface area is 123 Å². The van der Waals surface area contributed by atoms with E-state index < -0.39 is 10.0 Å². The van der Waals surface area contributed by atoms with Gasteiger partial charge in [-0.3, -0.25) is 4.72 Å². The summed E-state index contributed by atoms with van der Waals surface area (Å²) in [5.74, 6) is 0.328. The Kier molecular flexibility index (Phi) is 4.61. The highest BCUT2D eigenvalue weighted by Crippen LogP contribution is 2.20. The maximum Gasteiger partial charge on any atom is 0.272 e. The minimum Gasteiger partial charge on any atom is -0.371 e. The number of thiophene rings is 1. The maximum atomic E-state index is 12.0. The van der Waals surface area contributed by atoms with E-state index >= 15 is 0 Å². The van der Waals surface area contributed by atoms with Crippen LogP contribution in [0, 0.1) is 0 Å². The van der Waals surface area contributed by atoms with Crippen LogP contribution in [0.25, 0.3) is 0 Å². The van der Waals surface area contributed by atoms with Crippen molar-refractivity contribution in [2.24, 2.45) is 0 Å². The molecule has 7 heteroatoms. The molecule has 0 aliphatic carbocycles. The third-order valence-corrected chi connectivity index (χ3v) is 5.63. The van der Waals surface area contributed by atoms with Crippen LogP contribution < -0.4 is 9.62 Å². The summed E-state index contributed by atoms with van der Waals surface area (Å²) in [6.45, 7) is 5.91. The molecular formula is C13H17N3O2S2. The van der Waals surface area contributed by atoms with Crippen molar-refractivity contribution in [2.75, 3.05) is 22.7 Å². The van der Waals surface area contributed by atoms with Crippen LogP contribution in [0.3, 0.4) is 0 Å². The van der Waals surface area contributed by atoms with E-state index in [0.717, 1.165) is 18.8 Å². The summed E-state index contributed by atoms with van der Waals surface area (Å²) in [6.07, 6.45) is 1.68. The first-order valence-corrected chi connectivity index (χ1v) is 8.70. The molecule has 0 atom stereocenters. The van der Waals surface area contributed by atoms with E-state index in [9.17, 15) is 8.42 Å². The lowest BCUT2D eigenvalue weighted by Crippen LogP contribution is -2.22. The molecule has 0 bridgehead atoms. The number of nitrogens with zero attached hydrogens (tertiary/aromatic N) is 2. The number of sulfonamides is 1. The standard InChI is InChI=1S/C13H17N3O2S2/c1-3-16(4-2)11-7-8-12(14-10-11)15-20(17,18)13-6-5-9-19-13/h5-10H,3-4H2,1-2H3,(H,14,15). The minimum absolute atomic E-state index is 0.284. The molecule has 2 rings (SSSR count). The largest absolute Gasteiger partial charge is 0.371 e. The van der Waals surface area contributed by atoms with Crippen molar-refractivity contribution in [2.45, 2.75) is 18.1 Å².